The number of hydrogen-bond acceptors (Lipinski definition) is 5. The van der Waals surface area contributed by atoms with Crippen LogP contribution in [0.15, 0.2) is 54.6 Å². The molecule has 0 radical (unpaired) electrons. The quantitative estimate of drug-likeness (QED) is 0.723. The highest BCUT2D eigenvalue weighted by Crippen LogP contribution is 2.21. The lowest BCUT2D eigenvalue weighted by molar-refractivity contribution is -0.123. The normalized spacial score (nSPS) is 15.7. The number of aldehydes is 1. The smallest absolute Gasteiger partial charge is 0.258 e. The molecule has 1 atom stereocenters. The molecule has 1 N–H and O–H groups in total. The molecule has 1 saturated heterocycles. The first kappa shape index (κ1) is 19.1. The van der Waals surface area contributed by atoms with E-state index in [0.717, 1.165) is 24.9 Å². The van der Waals surface area contributed by atoms with Crippen LogP contribution in [-0.2, 0) is 9.53 Å². The Balaban J connectivity index is 1.57. The fraction of sp³-hybridized carbons (Fsp3) is 0.333. The summed E-state index contributed by atoms with van der Waals surface area (Å²) >= 11 is 0. The molecule has 2 aromatic carbocycles. The van der Waals surface area contributed by atoms with Gasteiger partial charge in [0.15, 0.2) is 12.9 Å². The van der Waals surface area contributed by atoms with Crippen LogP contribution in [0.3, 0.4) is 0 Å². The van der Waals surface area contributed by atoms with Crippen molar-refractivity contribution in [3.63, 3.8) is 0 Å². The van der Waals surface area contributed by atoms with E-state index in [-0.39, 0.29) is 18.6 Å². The Bertz CT molecular complexity index is 745. The van der Waals surface area contributed by atoms with Crippen LogP contribution < -0.4 is 10.1 Å². The van der Waals surface area contributed by atoms with Gasteiger partial charge in [-0.15, -0.1) is 0 Å². The van der Waals surface area contributed by atoms with Crippen LogP contribution in [0.25, 0.3) is 0 Å². The lowest BCUT2D eigenvalue weighted by atomic mass is 10.0. The zero-order chi connectivity index (χ0) is 18.9. The van der Waals surface area contributed by atoms with Gasteiger partial charge in [-0.05, 0) is 17.7 Å². The zero-order valence-electron chi connectivity index (χ0n) is 15.2. The lowest BCUT2D eigenvalue weighted by Gasteiger charge is -2.34. The van der Waals surface area contributed by atoms with Crippen molar-refractivity contribution in [3.8, 4) is 5.75 Å². The van der Waals surface area contributed by atoms with Gasteiger partial charge in [0.2, 0.25) is 0 Å². The molecule has 6 nitrogen and oxygen atoms in total. The molecule has 0 aromatic heterocycles. The van der Waals surface area contributed by atoms with Gasteiger partial charge in [0.1, 0.15) is 5.75 Å². The average molecular weight is 368 g/mol. The van der Waals surface area contributed by atoms with Crippen molar-refractivity contribution in [2.24, 2.45) is 0 Å². The maximum atomic E-state index is 12.3. The van der Waals surface area contributed by atoms with E-state index in [2.05, 4.69) is 22.3 Å². The number of benzene rings is 2. The molecule has 0 spiro atoms. The molecule has 0 bridgehead atoms. The van der Waals surface area contributed by atoms with Crippen molar-refractivity contribution < 1.29 is 19.1 Å². The van der Waals surface area contributed by atoms with Crippen LogP contribution in [0.2, 0.25) is 0 Å². The molecule has 0 aliphatic carbocycles. The number of carbonyl (C=O) groups is 2. The van der Waals surface area contributed by atoms with E-state index in [9.17, 15) is 9.59 Å². The summed E-state index contributed by atoms with van der Waals surface area (Å²) in [7, 11) is 0. The number of hydrogen-bond donors (Lipinski definition) is 1. The molecule has 2 aromatic rings. The summed E-state index contributed by atoms with van der Waals surface area (Å²) in [6.07, 6.45) is 0.719. The highest BCUT2D eigenvalue weighted by molar-refractivity contribution is 5.80. The van der Waals surface area contributed by atoms with Crippen LogP contribution in [0.1, 0.15) is 22.0 Å². The largest absolute Gasteiger partial charge is 0.483 e. The van der Waals surface area contributed by atoms with Crippen molar-refractivity contribution in [3.05, 3.63) is 65.7 Å². The van der Waals surface area contributed by atoms with Crippen LogP contribution in [-0.4, -0.2) is 56.5 Å². The first-order valence-corrected chi connectivity index (χ1v) is 9.08. The highest BCUT2D eigenvalue weighted by Gasteiger charge is 2.23. The Hall–Kier alpha value is -2.70. The lowest BCUT2D eigenvalue weighted by Crippen LogP contribution is -2.44. The summed E-state index contributed by atoms with van der Waals surface area (Å²) in [6.45, 7) is 3.42. The minimum absolute atomic E-state index is 0.0845. The predicted octanol–water partition coefficient (Wildman–Crippen LogP) is 2.07. The van der Waals surface area contributed by atoms with Crippen molar-refractivity contribution in [1.29, 1.82) is 0 Å². The number of para-hydroxylation sites is 1. The maximum absolute atomic E-state index is 12.3. The fourth-order valence-electron chi connectivity index (χ4n) is 3.14. The van der Waals surface area contributed by atoms with Crippen LogP contribution >= 0.6 is 0 Å². The van der Waals surface area contributed by atoms with Crippen molar-refractivity contribution >= 4 is 12.2 Å². The summed E-state index contributed by atoms with van der Waals surface area (Å²) in [5.74, 6) is 0.195. The van der Waals surface area contributed by atoms with E-state index in [1.165, 1.54) is 0 Å². The van der Waals surface area contributed by atoms with Gasteiger partial charge in [-0.1, -0.05) is 42.5 Å². The van der Waals surface area contributed by atoms with Gasteiger partial charge in [0.25, 0.3) is 5.91 Å². The number of nitrogens with one attached hydrogen (secondary N) is 1. The summed E-state index contributed by atoms with van der Waals surface area (Å²) < 4.78 is 10.9. The standard InChI is InChI=1S/C21H24N2O4/c24-15-18-8-4-5-9-20(18)27-16-21(25)22-14-19(17-6-2-1-3-7-17)23-10-12-26-13-11-23/h1-9,15,19H,10-14,16H2,(H,22,25). The van der Waals surface area contributed by atoms with Crippen LogP contribution in [0.5, 0.6) is 5.75 Å². The maximum Gasteiger partial charge on any atom is 0.258 e. The van der Waals surface area contributed by atoms with Gasteiger partial charge in [-0.25, -0.2) is 0 Å². The van der Waals surface area contributed by atoms with Gasteiger partial charge >= 0.3 is 0 Å². The summed E-state index contributed by atoms with van der Waals surface area (Å²) in [4.78, 5) is 25.6. The molecular formula is C21H24N2O4. The van der Waals surface area contributed by atoms with Gasteiger partial charge in [0, 0.05) is 19.6 Å². The first-order chi connectivity index (χ1) is 13.3. The number of ether oxygens (including phenoxy) is 2. The predicted molar refractivity (Wildman–Crippen MR) is 102 cm³/mol. The molecule has 6 heteroatoms. The van der Waals surface area contributed by atoms with E-state index in [1.807, 2.05) is 18.2 Å². The number of carbonyl (C=O) groups excluding carboxylic acids is 2. The topological polar surface area (TPSA) is 67.9 Å². The monoisotopic (exact) mass is 368 g/mol. The Kier molecular flexibility index (Phi) is 6.96. The second-order valence-corrected chi connectivity index (χ2v) is 6.32. The number of rotatable bonds is 8. The van der Waals surface area contributed by atoms with E-state index in [1.54, 1.807) is 24.3 Å². The molecule has 0 saturated carbocycles. The van der Waals surface area contributed by atoms with Gasteiger partial charge in [-0.2, -0.15) is 0 Å². The Morgan fingerprint density at radius 2 is 1.81 bits per heavy atom. The van der Waals surface area contributed by atoms with E-state index < -0.39 is 0 Å². The van der Waals surface area contributed by atoms with E-state index in [0.29, 0.717) is 31.1 Å². The molecule has 27 heavy (non-hydrogen) atoms. The van der Waals surface area contributed by atoms with Crippen LogP contribution in [0, 0.1) is 0 Å². The molecule has 1 aliphatic heterocycles. The first-order valence-electron chi connectivity index (χ1n) is 9.08. The average Bonchev–Trinajstić information content (AvgIpc) is 2.74. The zero-order valence-corrected chi connectivity index (χ0v) is 15.2. The summed E-state index contributed by atoms with van der Waals surface area (Å²) in [6, 6.07) is 17.1. The molecule has 1 aliphatic rings. The van der Waals surface area contributed by atoms with Gasteiger partial charge < -0.3 is 14.8 Å². The molecule has 3 rings (SSSR count). The molecular weight excluding hydrogens is 344 g/mol. The van der Waals surface area contributed by atoms with E-state index in [4.69, 9.17) is 9.47 Å². The van der Waals surface area contributed by atoms with Crippen LogP contribution in [0.4, 0.5) is 0 Å². The summed E-state index contributed by atoms with van der Waals surface area (Å²) in [5.41, 5.74) is 1.59. The van der Waals surface area contributed by atoms with Crippen molar-refractivity contribution in [2.75, 3.05) is 39.5 Å². The third kappa shape index (κ3) is 5.39. The number of morpholine rings is 1. The number of nitrogens with zero attached hydrogens (tertiary/aromatic N) is 1. The Morgan fingerprint density at radius 3 is 2.56 bits per heavy atom. The Labute approximate surface area is 159 Å². The van der Waals surface area contributed by atoms with Crippen molar-refractivity contribution in [2.45, 2.75) is 6.04 Å². The third-order valence-corrected chi connectivity index (χ3v) is 4.57. The minimum Gasteiger partial charge on any atom is -0.483 e. The van der Waals surface area contributed by atoms with Gasteiger partial charge in [-0.3, -0.25) is 14.5 Å². The highest BCUT2D eigenvalue weighted by atomic mass is 16.5. The second kappa shape index (κ2) is 9.85. The molecule has 1 unspecified atom stereocenters. The van der Waals surface area contributed by atoms with Crippen molar-refractivity contribution in [1.82, 2.24) is 10.2 Å². The third-order valence-electron chi connectivity index (χ3n) is 4.57. The second-order valence-electron chi connectivity index (χ2n) is 6.32. The van der Waals surface area contributed by atoms with Gasteiger partial charge in [0.05, 0.1) is 24.8 Å². The SMILES string of the molecule is O=Cc1ccccc1OCC(=O)NCC(c1ccccc1)N1CCOCC1. The molecule has 1 heterocycles. The fourth-order valence-corrected chi connectivity index (χ4v) is 3.14. The minimum atomic E-state index is -0.218. The Morgan fingerprint density at radius 1 is 1.11 bits per heavy atom. The summed E-state index contributed by atoms with van der Waals surface area (Å²) in [5, 5.41) is 2.95. The number of amides is 1. The molecule has 1 fully saturated rings. The molecule has 142 valence electrons. The molecule has 1 amide bonds. The van der Waals surface area contributed by atoms with E-state index >= 15 is 0 Å².